The van der Waals surface area contributed by atoms with E-state index in [2.05, 4.69) is 6.92 Å². The van der Waals surface area contributed by atoms with Gasteiger partial charge in [-0.1, -0.05) is 110 Å². The molecule has 0 aliphatic carbocycles. The van der Waals surface area contributed by atoms with Crippen LogP contribution in [0.4, 0.5) is 0 Å². The van der Waals surface area contributed by atoms with Gasteiger partial charge in [-0.15, -0.1) is 0 Å². The van der Waals surface area contributed by atoms with Crippen LogP contribution in [0.5, 0.6) is 0 Å². The highest BCUT2D eigenvalue weighted by molar-refractivity contribution is 7.79. The smallest absolute Gasteiger partial charge is 0.149 e. The number of aliphatic hydroxyl groups excluding tert-OH is 1. The minimum Gasteiger partial charge on any atom is -0.388 e. The van der Waals surface area contributed by atoms with Crippen LogP contribution in [0.2, 0.25) is 0 Å². The second-order valence-corrected chi connectivity index (χ2v) is 9.98. The van der Waals surface area contributed by atoms with E-state index in [0.29, 0.717) is 0 Å². The molecular weight excluding hydrogens is 363 g/mol. The zero-order valence-electron chi connectivity index (χ0n) is 16.3. The first-order valence-corrected chi connectivity index (χ1v) is 11.4. The van der Waals surface area contributed by atoms with Crippen LogP contribution < -0.4 is 10.6 Å². The molecule has 3 atom stereocenters. The topological polar surface area (TPSA) is 37.3 Å². The fraction of sp³-hybridized carbons (Fsp3) is 0.200. The van der Waals surface area contributed by atoms with Gasteiger partial charge >= 0.3 is 0 Å². The van der Waals surface area contributed by atoms with Crippen LogP contribution >= 0.6 is 7.14 Å². The molecule has 0 heterocycles. The normalized spacial score (nSPS) is 15.2. The van der Waals surface area contributed by atoms with E-state index in [0.717, 1.165) is 16.2 Å². The van der Waals surface area contributed by atoms with Gasteiger partial charge in [-0.05, 0) is 18.4 Å². The fourth-order valence-corrected chi connectivity index (χ4v) is 7.43. The van der Waals surface area contributed by atoms with E-state index < -0.39 is 18.9 Å². The Labute approximate surface area is 167 Å². The van der Waals surface area contributed by atoms with Crippen molar-refractivity contribution in [3.05, 3.63) is 109 Å². The van der Waals surface area contributed by atoms with Crippen LogP contribution in [0.3, 0.4) is 0 Å². The largest absolute Gasteiger partial charge is 0.388 e. The summed E-state index contributed by atoms with van der Waals surface area (Å²) in [6, 6.07) is 29.2. The van der Waals surface area contributed by atoms with Crippen molar-refractivity contribution in [2.24, 2.45) is 0 Å². The molecule has 28 heavy (non-hydrogen) atoms. The lowest BCUT2D eigenvalue weighted by atomic mass is 9.94. The third-order valence-electron chi connectivity index (χ3n) is 5.28. The third kappa shape index (κ3) is 4.04. The summed E-state index contributed by atoms with van der Waals surface area (Å²) < 4.78 is 14.9. The molecule has 3 aromatic carbocycles. The predicted octanol–water partition coefficient (Wildman–Crippen LogP) is 5.11. The molecule has 3 aromatic rings. The summed E-state index contributed by atoms with van der Waals surface area (Å²) in [4.78, 5) is 0. The Kier molecular flexibility index (Phi) is 6.67. The number of aliphatic hydroxyl groups is 1. The zero-order chi connectivity index (χ0) is 20.0. The van der Waals surface area contributed by atoms with Gasteiger partial charge in [-0.3, -0.25) is 0 Å². The monoisotopic (exact) mass is 390 g/mol. The van der Waals surface area contributed by atoms with Gasteiger partial charge in [0.25, 0.3) is 0 Å². The van der Waals surface area contributed by atoms with E-state index >= 15 is 0 Å². The molecule has 0 radical (unpaired) electrons. The molecule has 0 bridgehead atoms. The molecule has 0 aliphatic rings. The first-order valence-electron chi connectivity index (χ1n) is 9.65. The second-order valence-electron chi connectivity index (χ2n) is 7.04. The van der Waals surface area contributed by atoms with Crippen molar-refractivity contribution in [1.82, 2.24) is 0 Å². The van der Waals surface area contributed by atoms with Gasteiger partial charge in [0.15, 0.2) is 0 Å². The van der Waals surface area contributed by atoms with Crippen molar-refractivity contribution >= 4 is 17.8 Å². The first-order chi connectivity index (χ1) is 13.6. The van der Waals surface area contributed by atoms with Gasteiger partial charge in [-0.25, -0.2) is 0 Å². The van der Waals surface area contributed by atoms with Gasteiger partial charge in [0.1, 0.15) is 7.14 Å². The molecule has 0 saturated carbocycles. The molecule has 0 amide bonds. The van der Waals surface area contributed by atoms with Gasteiger partial charge in [-0.2, -0.15) is 0 Å². The summed E-state index contributed by atoms with van der Waals surface area (Å²) in [5, 5.41) is 12.7. The highest BCUT2D eigenvalue weighted by Crippen LogP contribution is 2.55. The molecule has 3 heteroatoms. The molecule has 0 spiro atoms. The summed E-state index contributed by atoms with van der Waals surface area (Å²) in [5.74, 6) is -0.0985. The van der Waals surface area contributed by atoms with Crippen LogP contribution in [-0.2, 0) is 4.57 Å². The lowest BCUT2D eigenvalue weighted by Crippen LogP contribution is -2.37. The van der Waals surface area contributed by atoms with Crippen molar-refractivity contribution in [1.29, 1.82) is 0 Å². The third-order valence-corrected chi connectivity index (χ3v) is 9.00. The van der Waals surface area contributed by atoms with E-state index in [4.69, 9.17) is 0 Å². The average Bonchev–Trinajstić information content (AvgIpc) is 2.75. The Balaban J connectivity index is 2.24. The minimum absolute atomic E-state index is 0.0985. The standard InChI is InChI=1S/C25H27O2P/c1-3-13-24(26)25(20(2)21-14-7-4-8-15-21)28(27,22-16-9-5-10-17-22)23-18-11-6-12-19-23/h3-20,24-26H,1-2H3/b13-3+. The highest BCUT2D eigenvalue weighted by atomic mass is 31.2. The van der Waals surface area contributed by atoms with Crippen LogP contribution in [0, 0.1) is 0 Å². The highest BCUT2D eigenvalue weighted by Gasteiger charge is 2.43. The Morgan fingerprint density at radius 2 is 1.21 bits per heavy atom. The molecule has 0 aliphatic heterocycles. The van der Waals surface area contributed by atoms with Crippen molar-refractivity contribution < 1.29 is 9.67 Å². The van der Waals surface area contributed by atoms with E-state index in [-0.39, 0.29) is 5.92 Å². The molecule has 1 N–H and O–H groups in total. The number of benzene rings is 3. The van der Waals surface area contributed by atoms with Crippen molar-refractivity contribution in [3.63, 3.8) is 0 Å². The van der Waals surface area contributed by atoms with Crippen molar-refractivity contribution in [3.8, 4) is 0 Å². The average molecular weight is 390 g/mol. The summed E-state index contributed by atoms with van der Waals surface area (Å²) in [5.41, 5.74) is 0.596. The maximum Gasteiger partial charge on any atom is 0.149 e. The molecule has 3 unspecified atom stereocenters. The molecule has 0 fully saturated rings. The predicted molar refractivity (Wildman–Crippen MR) is 119 cm³/mol. The fourth-order valence-electron chi connectivity index (χ4n) is 3.88. The Bertz CT molecular complexity index is 893. The van der Waals surface area contributed by atoms with E-state index in [1.165, 1.54) is 0 Å². The van der Waals surface area contributed by atoms with E-state index in [1.807, 2.05) is 104 Å². The van der Waals surface area contributed by atoms with Gasteiger partial charge in [0.05, 0.1) is 11.8 Å². The molecule has 3 rings (SSSR count). The van der Waals surface area contributed by atoms with Crippen LogP contribution in [0.15, 0.2) is 103 Å². The van der Waals surface area contributed by atoms with Gasteiger partial charge in [0.2, 0.25) is 0 Å². The Morgan fingerprint density at radius 1 is 0.786 bits per heavy atom. The van der Waals surface area contributed by atoms with Crippen LogP contribution in [0.1, 0.15) is 25.3 Å². The Hall–Kier alpha value is -2.41. The van der Waals surface area contributed by atoms with Gasteiger partial charge in [0, 0.05) is 10.6 Å². The van der Waals surface area contributed by atoms with Crippen LogP contribution in [-0.4, -0.2) is 16.9 Å². The summed E-state index contributed by atoms with van der Waals surface area (Å²) >= 11 is 0. The molecule has 0 aromatic heterocycles. The van der Waals surface area contributed by atoms with Gasteiger partial charge < -0.3 is 9.67 Å². The number of hydrogen-bond acceptors (Lipinski definition) is 2. The maximum atomic E-state index is 14.9. The quantitative estimate of drug-likeness (QED) is 0.450. The van der Waals surface area contributed by atoms with E-state index in [9.17, 15) is 9.67 Å². The Morgan fingerprint density at radius 3 is 1.64 bits per heavy atom. The summed E-state index contributed by atoms with van der Waals surface area (Å²) in [6.07, 6.45) is 2.75. The van der Waals surface area contributed by atoms with Crippen LogP contribution in [0.25, 0.3) is 0 Å². The lowest BCUT2D eigenvalue weighted by molar-refractivity contribution is 0.207. The number of hydrogen-bond donors (Lipinski definition) is 1. The maximum absolute atomic E-state index is 14.9. The molecule has 0 saturated heterocycles. The number of allylic oxidation sites excluding steroid dienone is 1. The summed E-state index contributed by atoms with van der Waals surface area (Å²) in [7, 11) is -3.14. The first kappa shape index (κ1) is 20.3. The van der Waals surface area contributed by atoms with Crippen molar-refractivity contribution in [2.45, 2.75) is 31.5 Å². The SMILES string of the molecule is C/C=C/C(O)C(C(C)c1ccccc1)P(=O)(c1ccccc1)c1ccccc1. The minimum atomic E-state index is -3.14. The zero-order valence-corrected chi connectivity index (χ0v) is 17.2. The van der Waals surface area contributed by atoms with Crippen molar-refractivity contribution in [2.75, 3.05) is 0 Å². The molecule has 2 nitrogen and oxygen atoms in total. The number of rotatable bonds is 7. The molecule has 144 valence electrons. The second kappa shape index (κ2) is 9.19. The molecular formula is C25H27O2P. The summed E-state index contributed by atoms with van der Waals surface area (Å²) in [6.45, 7) is 3.94. The van der Waals surface area contributed by atoms with E-state index in [1.54, 1.807) is 6.08 Å². The lowest BCUT2D eigenvalue weighted by Gasteiger charge is -2.35.